The topological polar surface area (TPSA) is 29.5 Å². The van der Waals surface area contributed by atoms with Crippen molar-refractivity contribution in [1.82, 2.24) is 0 Å². The van der Waals surface area contributed by atoms with Crippen LogP contribution in [0.3, 0.4) is 0 Å². The van der Waals surface area contributed by atoms with Crippen molar-refractivity contribution in [1.29, 1.82) is 0 Å². The summed E-state index contributed by atoms with van der Waals surface area (Å²) in [6.45, 7) is 4.04. The molecule has 94 valence electrons. The van der Waals surface area contributed by atoms with E-state index in [1.165, 1.54) is 0 Å². The predicted molar refractivity (Wildman–Crippen MR) is 76.1 cm³/mol. The summed E-state index contributed by atoms with van der Waals surface area (Å²) in [6.07, 6.45) is 0. The molecule has 1 N–H and O–H groups in total. The highest BCUT2D eigenvalue weighted by molar-refractivity contribution is 9.10. The molecular formula is C15H15BrO2. The van der Waals surface area contributed by atoms with Gasteiger partial charge in [0.15, 0.2) is 0 Å². The Bertz CT molecular complexity index is 564. The first-order valence-electron chi connectivity index (χ1n) is 5.74. The Hall–Kier alpha value is -1.32. The molecule has 0 aliphatic carbocycles. The van der Waals surface area contributed by atoms with Crippen LogP contribution in [-0.4, -0.2) is 5.11 Å². The minimum Gasteiger partial charge on any atom is -0.457 e. The number of aliphatic hydroxyl groups is 1. The van der Waals surface area contributed by atoms with Gasteiger partial charge in [-0.15, -0.1) is 0 Å². The molecule has 0 spiro atoms. The first-order chi connectivity index (χ1) is 8.60. The third-order valence-corrected chi connectivity index (χ3v) is 3.27. The maximum absolute atomic E-state index is 9.07. The van der Waals surface area contributed by atoms with Crippen molar-refractivity contribution in [3.05, 3.63) is 57.6 Å². The van der Waals surface area contributed by atoms with E-state index in [0.717, 1.165) is 32.7 Å². The van der Waals surface area contributed by atoms with E-state index in [1.54, 1.807) is 0 Å². The summed E-state index contributed by atoms with van der Waals surface area (Å²) in [5.74, 6) is 1.66. The Morgan fingerprint density at radius 1 is 1.00 bits per heavy atom. The maximum Gasteiger partial charge on any atom is 0.130 e. The molecule has 0 saturated carbocycles. The lowest BCUT2D eigenvalue weighted by molar-refractivity contribution is 0.281. The van der Waals surface area contributed by atoms with Gasteiger partial charge in [0, 0.05) is 4.47 Å². The molecule has 0 bridgehead atoms. The van der Waals surface area contributed by atoms with Crippen molar-refractivity contribution in [2.75, 3.05) is 0 Å². The summed E-state index contributed by atoms with van der Waals surface area (Å²) in [7, 11) is 0. The number of benzene rings is 2. The van der Waals surface area contributed by atoms with Crippen LogP contribution < -0.4 is 4.74 Å². The van der Waals surface area contributed by atoms with Crippen molar-refractivity contribution in [2.24, 2.45) is 0 Å². The van der Waals surface area contributed by atoms with Crippen LogP contribution in [0.1, 0.15) is 16.7 Å². The molecule has 18 heavy (non-hydrogen) atoms. The lowest BCUT2D eigenvalue weighted by Gasteiger charge is -2.12. The van der Waals surface area contributed by atoms with Crippen molar-refractivity contribution in [3.63, 3.8) is 0 Å². The molecule has 0 fully saturated rings. The second-order valence-electron chi connectivity index (χ2n) is 4.27. The van der Waals surface area contributed by atoms with Crippen LogP contribution >= 0.6 is 15.9 Å². The molecule has 0 aliphatic heterocycles. The average molecular weight is 307 g/mol. The van der Waals surface area contributed by atoms with Gasteiger partial charge >= 0.3 is 0 Å². The Balaban J connectivity index is 2.28. The third-order valence-electron chi connectivity index (χ3n) is 2.78. The first-order valence-corrected chi connectivity index (χ1v) is 6.54. The monoisotopic (exact) mass is 306 g/mol. The van der Waals surface area contributed by atoms with Gasteiger partial charge in [-0.1, -0.05) is 28.1 Å². The van der Waals surface area contributed by atoms with E-state index >= 15 is 0 Å². The van der Waals surface area contributed by atoms with Crippen LogP contribution in [-0.2, 0) is 6.61 Å². The minimum atomic E-state index is 0.0540. The fraction of sp³-hybridized carbons (Fsp3) is 0.200. The van der Waals surface area contributed by atoms with Gasteiger partial charge in [0.1, 0.15) is 11.5 Å². The van der Waals surface area contributed by atoms with Crippen molar-refractivity contribution in [3.8, 4) is 11.5 Å². The van der Waals surface area contributed by atoms with Gasteiger partial charge in [0.2, 0.25) is 0 Å². The van der Waals surface area contributed by atoms with E-state index in [2.05, 4.69) is 15.9 Å². The van der Waals surface area contributed by atoms with Crippen molar-refractivity contribution < 1.29 is 9.84 Å². The SMILES string of the molecule is Cc1cc(Br)ccc1Oc1ccc(CO)cc1C. The summed E-state index contributed by atoms with van der Waals surface area (Å²) in [5, 5.41) is 9.07. The zero-order valence-electron chi connectivity index (χ0n) is 10.4. The van der Waals surface area contributed by atoms with Crippen LogP contribution in [0.15, 0.2) is 40.9 Å². The normalized spacial score (nSPS) is 10.4. The highest BCUT2D eigenvalue weighted by Gasteiger charge is 2.05. The standard InChI is InChI=1S/C15H15BrO2/c1-10-7-12(9-17)3-5-14(10)18-15-6-4-13(16)8-11(15)2/h3-8,17H,9H2,1-2H3. The number of aryl methyl sites for hydroxylation is 2. The second-order valence-corrected chi connectivity index (χ2v) is 5.19. The quantitative estimate of drug-likeness (QED) is 0.913. The highest BCUT2D eigenvalue weighted by atomic mass is 79.9. The molecule has 0 amide bonds. The molecular weight excluding hydrogens is 292 g/mol. The van der Waals surface area contributed by atoms with Crippen LogP contribution in [0, 0.1) is 13.8 Å². The average Bonchev–Trinajstić information content (AvgIpc) is 2.34. The van der Waals surface area contributed by atoms with Gasteiger partial charge < -0.3 is 9.84 Å². The molecule has 0 aromatic heterocycles. The van der Waals surface area contributed by atoms with Crippen LogP contribution in [0.2, 0.25) is 0 Å². The highest BCUT2D eigenvalue weighted by Crippen LogP contribution is 2.29. The molecule has 0 saturated heterocycles. The van der Waals surface area contributed by atoms with Crippen LogP contribution in [0.4, 0.5) is 0 Å². The van der Waals surface area contributed by atoms with Crippen molar-refractivity contribution >= 4 is 15.9 Å². The predicted octanol–water partition coefficient (Wildman–Crippen LogP) is 4.35. The molecule has 0 radical (unpaired) electrons. The van der Waals surface area contributed by atoms with Gasteiger partial charge in [-0.2, -0.15) is 0 Å². The fourth-order valence-electron chi connectivity index (χ4n) is 1.77. The molecule has 0 atom stereocenters. The van der Waals surface area contributed by atoms with Crippen molar-refractivity contribution in [2.45, 2.75) is 20.5 Å². The molecule has 2 rings (SSSR count). The van der Waals surface area contributed by atoms with E-state index in [-0.39, 0.29) is 6.61 Å². The third kappa shape index (κ3) is 2.92. The summed E-state index contributed by atoms with van der Waals surface area (Å²) < 4.78 is 6.93. The Morgan fingerprint density at radius 3 is 2.17 bits per heavy atom. The van der Waals surface area contributed by atoms with E-state index in [1.807, 2.05) is 50.2 Å². The largest absolute Gasteiger partial charge is 0.457 e. The number of aliphatic hydroxyl groups excluding tert-OH is 1. The minimum absolute atomic E-state index is 0.0540. The number of hydrogen-bond acceptors (Lipinski definition) is 2. The fourth-order valence-corrected chi connectivity index (χ4v) is 2.25. The zero-order chi connectivity index (χ0) is 13.1. The molecule has 0 aliphatic rings. The van der Waals surface area contributed by atoms with E-state index in [9.17, 15) is 0 Å². The lowest BCUT2D eigenvalue weighted by atomic mass is 10.1. The van der Waals surface area contributed by atoms with Gasteiger partial charge in [-0.05, 0) is 54.8 Å². The molecule has 3 heteroatoms. The van der Waals surface area contributed by atoms with E-state index in [0.29, 0.717) is 0 Å². The summed E-state index contributed by atoms with van der Waals surface area (Å²) >= 11 is 3.43. The lowest BCUT2D eigenvalue weighted by Crippen LogP contribution is -1.92. The van der Waals surface area contributed by atoms with Gasteiger partial charge in [-0.25, -0.2) is 0 Å². The maximum atomic E-state index is 9.07. The van der Waals surface area contributed by atoms with Crippen LogP contribution in [0.5, 0.6) is 11.5 Å². The number of rotatable bonds is 3. The van der Waals surface area contributed by atoms with Gasteiger partial charge in [-0.3, -0.25) is 0 Å². The Kier molecular flexibility index (Phi) is 4.04. The van der Waals surface area contributed by atoms with Gasteiger partial charge in [0.05, 0.1) is 6.61 Å². The zero-order valence-corrected chi connectivity index (χ0v) is 12.0. The Morgan fingerprint density at radius 2 is 1.61 bits per heavy atom. The molecule has 0 heterocycles. The smallest absolute Gasteiger partial charge is 0.130 e. The summed E-state index contributed by atoms with van der Waals surface area (Å²) in [6, 6.07) is 11.6. The summed E-state index contributed by atoms with van der Waals surface area (Å²) in [4.78, 5) is 0. The van der Waals surface area contributed by atoms with E-state index < -0.39 is 0 Å². The number of ether oxygens (including phenoxy) is 1. The number of hydrogen-bond donors (Lipinski definition) is 1. The summed E-state index contributed by atoms with van der Waals surface area (Å²) in [5.41, 5.74) is 2.99. The van der Waals surface area contributed by atoms with Crippen LogP contribution in [0.25, 0.3) is 0 Å². The molecule has 2 nitrogen and oxygen atoms in total. The first kappa shape index (κ1) is 13.1. The second kappa shape index (κ2) is 5.55. The van der Waals surface area contributed by atoms with E-state index in [4.69, 9.17) is 9.84 Å². The number of halogens is 1. The molecule has 2 aromatic rings. The molecule has 0 unspecified atom stereocenters. The Labute approximate surface area is 115 Å². The molecule has 2 aromatic carbocycles. The van der Waals surface area contributed by atoms with Gasteiger partial charge in [0.25, 0.3) is 0 Å².